The lowest BCUT2D eigenvalue weighted by Crippen LogP contribution is -2.08. The van der Waals surface area contributed by atoms with E-state index in [1.165, 1.54) is 0 Å². The molecule has 0 bridgehead atoms. The number of ether oxygens (including phenoxy) is 2. The molecule has 0 amide bonds. The summed E-state index contributed by atoms with van der Waals surface area (Å²) >= 11 is 0. The van der Waals surface area contributed by atoms with Gasteiger partial charge in [-0.2, -0.15) is 0 Å². The highest BCUT2D eigenvalue weighted by atomic mass is 16.5. The molecule has 0 spiro atoms. The predicted octanol–water partition coefficient (Wildman–Crippen LogP) is 3.28. The van der Waals surface area contributed by atoms with E-state index in [9.17, 15) is 4.79 Å². The molecular weight excluding hydrogens is 304 g/mol. The van der Waals surface area contributed by atoms with E-state index >= 15 is 0 Å². The highest BCUT2D eigenvalue weighted by Crippen LogP contribution is 2.31. The Balaban J connectivity index is 2.14. The topological polar surface area (TPSA) is 54.6 Å². The van der Waals surface area contributed by atoms with Crippen molar-refractivity contribution < 1.29 is 9.47 Å². The maximum Gasteiger partial charge on any atom is 0.190 e. The minimum atomic E-state index is -0.0589. The number of benzene rings is 2. The van der Waals surface area contributed by atoms with Crippen molar-refractivity contribution in [1.29, 1.82) is 0 Å². The third-order valence-electron chi connectivity index (χ3n) is 4.03. The Morgan fingerprint density at radius 2 is 1.54 bits per heavy atom. The van der Waals surface area contributed by atoms with Crippen LogP contribution in [0.4, 0.5) is 5.69 Å². The molecule has 124 valence electrons. The second-order valence-corrected chi connectivity index (χ2v) is 5.74. The number of fused-ring (bicyclic) bond motifs is 1. The van der Waals surface area contributed by atoms with E-state index in [2.05, 4.69) is 4.98 Å². The molecule has 0 atom stereocenters. The Morgan fingerprint density at radius 3 is 2.12 bits per heavy atom. The van der Waals surface area contributed by atoms with Crippen LogP contribution < -0.4 is 19.8 Å². The number of anilines is 1. The number of pyridine rings is 1. The number of H-pyrrole nitrogens is 1. The van der Waals surface area contributed by atoms with Crippen LogP contribution in [0.2, 0.25) is 0 Å². The third kappa shape index (κ3) is 2.80. The van der Waals surface area contributed by atoms with E-state index in [-0.39, 0.29) is 5.43 Å². The number of nitrogens with one attached hydrogen (secondary N) is 1. The summed E-state index contributed by atoms with van der Waals surface area (Å²) < 4.78 is 10.6. The van der Waals surface area contributed by atoms with Crippen LogP contribution in [0.1, 0.15) is 0 Å². The van der Waals surface area contributed by atoms with Crippen molar-refractivity contribution in [3.8, 4) is 22.8 Å². The molecule has 0 saturated heterocycles. The number of aromatic nitrogens is 1. The molecule has 2 aromatic carbocycles. The largest absolute Gasteiger partial charge is 0.493 e. The van der Waals surface area contributed by atoms with Crippen LogP contribution in [-0.4, -0.2) is 33.3 Å². The van der Waals surface area contributed by atoms with Crippen molar-refractivity contribution in [2.24, 2.45) is 0 Å². The Morgan fingerprint density at radius 1 is 0.917 bits per heavy atom. The van der Waals surface area contributed by atoms with Crippen molar-refractivity contribution in [2.75, 3.05) is 33.2 Å². The van der Waals surface area contributed by atoms with Gasteiger partial charge in [-0.25, -0.2) is 0 Å². The van der Waals surface area contributed by atoms with Crippen molar-refractivity contribution in [1.82, 2.24) is 4.98 Å². The summed E-state index contributed by atoms with van der Waals surface area (Å²) in [7, 11) is 7.11. The lowest BCUT2D eigenvalue weighted by molar-refractivity contribution is 0.356. The molecule has 5 nitrogen and oxygen atoms in total. The van der Waals surface area contributed by atoms with E-state index in [1.54, 1.807) is 32.4 Å². The first-order chi connectivity index (χ1) is 11.5. The molecule has 0 aliphatic heterocycles. The Kier molecular flexibility index (Phi) is 4.16. The smallest absolute Gasteiger partial charge is 0.190 e. The Labute approximate surface area is 140 Å². The number of rotatable bonds is 4. The molecule has 1 heterocycles. The lowest BCUT2D eigenvalue weighted by atomic mass is 10.1. The van der Waals surface area contributed by atoms with Gasteiger partial charge >= 0.3 is 0 Å². The number of hydrogen-bond donors (Lipinski definition) is 1. The summed E-state index contributed by atoms with van der Waals surface area (Å²) in [4.78, 5) is 17.8. The molecule has 0 aliphatic carbocycles. The quantitative estimate of drug-likeness (QED) is 0.800. The molecule has 0 aliphatic rings. The van der Waals surface area contributed by atoms with Crippen molar-refractivity contribution in [3.05, 3.63) is 52.7 Å². The van der Waals surface area contributed by atoms with Gasteiger partial charge in [-0.3, -0.25) is 4.79 Å². The van der Waals surface area contributed by atoms with Crippen molar-refractivity contribution in [2.45, 2.75) is 0 Å². The van der Waals surface area contributed by atoms with Crippen LogP contribution in [-0.2, 0) is 0 Å². The van der Waals surface area contributed by atoms with Crippen LogP contribution in [0.5, 0.6) is 11.5 Å². The van der Waals surface area contributed by atoms with Gasteiger partial charge in [0.15, 0.2) is 16.9 Å². The zero-order valence-corrected chi connectivity index (χ0v) is 14.2. The van der Waals surface area contributed by atoms with E-state index < -0.39 is 0 Å². The maximum atomic E-state index is 12.5. The minimum Gasteiger partial charge on any atom is -0.493 e. The molecule has 3 rings (SSSR count). The number of hydrogen-bond acceptors (Lipinski definition) is 4. The average Bonchev–Trinajstić information content (AvgIpc) is 2.60. The number of nitrogens with zero attached hydrogens (tertiary/aromatic N) is 1. The SMILES string of the molecule is COc1cc2[nH]c(-c3ccc(N(C)C)cc3)cc(=O)c2cc1OC. The van der Waals surface area contributed by atoms with E-state index in [4.69, 9.17) is 9.47 Å². The second kappa shape index (κ2) is 6.28. The van der Waals surface area contributed by atoms with Gasteiger partial charge in [-0.05, 0) is 23.8 Å². The van der Waals surface area contributed by atoms with Gasteiger partial charge in [-0.15, -0.1) is 0 Å². The van der Waals surface area contributed by atoms with Gasteiger partial charge in [0, 0.05) is 43.0 Å². The van der Waals surface area contributed by atoms with Crippen LogP contribution >= 0.6 is 0 Å². The lowest BCUT2D eigenvalue weighted by Gasteiger charge is -2.13. The fourth-order valence-corrected chi connectivity index (χ4v) is 2.67. The highest BCUT2D eigenvalue weighted by Gasteiger charge is 2.10. The fraction of sp³-hybridized carbons (Fsp3) is 0.211. The number of aromatic amines is 1. The molecule has 1 N–H and O–H groups in total. The molecule has 1 aromatic heterocycles. The first-order valence-corrected chi connectivity index (χ1v) is 7.60. The summed E-state index contributed by atoms with van der Waals surface area (Å²) in [5.74, 6) is 1.12. The van der Waals surface area contributed by atoms with E-state index in [0.717, 1.165) is 16.9 Å². The molecule has 0 saturated carbocycles. The van der Waals surface area contributed by atoms with Crippen LogP contribution in [0.25, 0.3) is 22.2 Å². The van der Waals surface area contributed by atoms with E-state index in [0.29, 0.717) is 22.4 Å². The Bertz CT molecular complexity index is 928. The van der Waals surface area contributed by atoms with Gasteiger partial charge in [-0.1, -0.05) is 12.1 Å². The van der Waals surface area contributed by atoms with Crippen molar-refractivity contribution >= 4 is 16.6 Å². The first kappa shape index (κ1) is 15.9. The summed E-state index contributed by atoms with van der Waals surface area (Å²) in [5, 5.41) is 0.571. The maximum absolute atomic E-state index is 12.5. The fourth-order valence-electron chi connectivity index (χ4n) is 2.67. The summed E-state index contributed by atoms with van der Waals surface area (Å²) in [6.07, 6.45) is 0. The molecule has 3 aromatic rings. The molecule has 0 radical (unpaired) electrons. The zero-order chi connectivity index (χ0) is 17.3. The first-order valence-electron chi connectivity index (χ1n) is 7.60. The molecule has 24 heavy (non-hydrogen) atoms. The van der Waals surface area contributed by atoms with Crippen LogP contribution in [0, 0.1) is 0 Å². The van der Waals surface area contributed by atoms with Crippen molar-refractivity contribution in [3.63, 3.8) is 0 Å². The van der Waals surface area contributed by atoms with Crippen LogP contribution in [0.15, 0.2) is 47.3 Å². The molecular formula is C19H20N2O3. The standard InChI is InChI=1S/C19H20N2O3/c1-21(2)13-7-5-12(6-8-13)15-10-17(22)14-9-18(23-3)19(24-4)11-16(14)20-15/h5-11H,1-4H3,(H,20,22). The number of methoxy groups -OCH3 is 2. The van der Waals surface area contributed by atoms with Crippen LogP contribution in [0.3, 0.4) is 0 Å². The molecule has 5 heteroatoms. The van der Waals surface area contributed by atoms with Gasteiger partial charge < -0.3 is 19.4 Å². The monoisotopic (exact) mass is 324 g/mol. The Hall–Kier alpha value is -2.95. The predicted molar refractivity (Wildman–Crippen MR) is 97.4 cm³/mol. The summed E-state index contributed by atoms with van der Waals surface area (Å²) in [6.45, 7) is 0. The van der Waals surface area contributed by atoms with Gasteiger partial charge in [0.25, 0.3) is 0 Å². The minimum absolute atomic E-state index is 0.0589. The summed E-state index contributed by atoms with van der Waals surface area (Å²) in [5.41, 5.74) is 3.48. The van der Waals surface area contributed by atoms with E-state index in [1.807, 2.05) is 43.3 Å². The second-order valence-electron chi connectivity index (χ2n) is 5.74. The average molecular weight is 324 g/mol. The molecule has 0 unspecified atom stereocenters. The summed E-state index contributed by atoms with van der Waals surface area (Å²) in [6, 6.07) is 13.1. The molecule has 0 fully saturated rings. The van der Waals surface area contributed by atoms with Gasteiger partial charge in [0.2, 0.25) is 0 Å². The zero-order valence-electron chi connectivity index (χ0n) is 14.2. The highest BCUT2D eigenvalue weighted by molar-refractivity contribution is 5.85. The third-order valence-corrected chi connectivity index (χ3v) is 4.03. The van der Waals surface area contributed by atoms with Gasteiger partial charge in [0.05, 0.1) is 19.7 Å². The van der Waals surface area contributed by atoms with Gasteiger partial charge in [0.1, 0.15) is 0 Å². The normalized spacial score (nSPS) is 10.7.